The molecule has 0 amide bonds. The average Bonchev–Trinajstić information content (AvgIpc) is 2.38. The minimum atomic E-state index is 0.636. The van der Waals surface area contributed by atoms with Crippen molar-refractivity contribution >= 4 is 11.6 Å². The van der Waals surface area contributed by atoms with Crippen LogP contribution in [-0.2, 0) is 6.54 Å². The van der Waals surface area contributed by atoms with Crippen LogP contribution in [0.15, 0.2) is 18.2 Å². The summed E-state index contributed by atoms with van der Waals surface area (Å²) in [4.78, 5) is 0. The summed E-state index contributed by atoms with van der Waals surface area (Å²) in [6, 6.07) is 6.64. The number of nitrogens with one attached hydrogen (secondary N) is 1. The smallest absolute Gasteiger partial charge is 0.137 e. The van der Waals surface area contributed by atoms with Crippen LogP contribution >= 0.6 is 11.6 Å². The maximum absolute atomic E-state index is 6.15. The number of halogens is 1. The molecule has 1 aromatic rings. The molecule has 1 N–H and O–H groups in total. The van der Waals surface area contributed by atoms with Crippen LogP contribution in [0.3, 0.4) is 0 Å². The summed E-state index contributed by atoms with van der Waals surface area (Å²) >= 11 is 6.15. The maximum atomic E-state index is 6.15. The molecule has 0 spiro atoms. The average molecular weight is 282 g/mol. The van der Waals surface area contributed by atoms with Crippen LogP contribution in [0.25, 0.3) is 0 Å². The predicted octanol–water partition coefficient (Wildman–Crippen LogP) is 4.26. The molecule has 2 nitrogen and oxygen atoms in total. The quantitative estimate of drug-likeness (QED) is 0.890. The Morgan fingerprint density at radius 2 is 2.11 bits per heavy atom. The third-order valence-corrected chi connectivity index (χ3v) is 4.51. The molecular weight excluding hydrogens is 258 g/mol. The number of hydrogen-bond acceptors (Lipinski definition) is 2. The number of ether oxygens (including phenoxy) is 1. The van der Waals surface area contributed by atoms with E-state index in [1.807, 2.05) is 12.1 Å². The number of benzene rings is 1. The van der Waals surface area contributed by atoms with Gasteiger partial charge in [0.05, 0.1) is 12.1 Å². The van der Waals surface area contributed by atoms with Gasteiger partial charge in [0, 0.05) is 12.6 Å². The van der Waals surface area contributed by atoms with Crippen LogP contribution in [0.5, 0.6) is 5.75 Å². The summed E-state index contributed by atoms with van der Waals surface area (Å²) in [5, 5.41) is 4.36. The van der Waals surface area contributed by atoms with E-state index in [-0.39, 0.29) is 0 Å². The van der Waals surface area contributed by atoms with E-state index in [0.717, 1.165) is 24.1 Å². The van der Waals surface area contributed by atoms with Gasteiger partial charge < -0.3 is 10.1 Å². The van der Waals surface area contributed by atoms with E-state index >= 15 is 0 Å². The fourth-order valence-electron chi connectivity index (χ4n) is 3.04. The second kappa shape index (κ2) is 6.62. The topological polar surface area (TPSA) is 21.3 Å². The van der Waals surface area contributed by atoms with Crippen molar-refractivity contribution in [1.29, 1.82) is 0 Å². The molecule has 19 heavy (non-hydrogen) atoms. The lowest BCUT2D eigenvalue weighted by molar-refractivity contribution is 0.227. The zero-order valence-electron chi connectivity index (χ0n) is 12.1. The molecule has 3 heteroatoms. The van der Waals surface area contributed by atoms with Gasteiger partial charge in [-0.05, 0) is 48.8 Å². The molecule has 0 radical (unpaired) electrons. The van der Waals surface area contributed by atoms with E-state index in [0.29, 0.717) is 11.1 Å². The molecule has 0 saturated heterocycles. The lowest BCUT2D eigenvalue weighted by atomic mass is 9.80. The fourth-order valence-corrected chi connectivity index (χ4v) is 3.32. The standard InChI is InChI=1S/C16H24ClNO/c1-11-4-6-15(12(2)8-11)18-10-13-5-7-16(19-3)14(17)9-13/h5,7,9,11-12,15,18H,4,6,8,10H2,1-3H3. The van der Waals surface area contributed by atoms with Gasteiger partial charge in [0.2, 0.25) is 0 Å². The first-order chi connectivity index (χ1) is 9.10. The molecule has 1 aliphatic carbocycles. The van der Waals surface area contributed by atoms with Crippen LogP contribution in [0.2, 0.25) is 5.02 Å². The third-order valence-electron chi connectivity index (χ3n) is 4.22. The first-order valence-electron chi connectivity index (χ1n) is 7.16. The van der Waals surface area contributed by atoms with Crippen LogP contribution in [0, 0.1) is 11.8 Å². The van der Waals surface area contributed by atoms with Crippen molar-refractivity contribution in [3.63, 3.8) is 0 Å². The highest BCUT2D eigenvalue weighted by Gasteiger charge is 2.24. The monoisotopic (exact) mass is 281 g/mol. The Kier molecular flexibility index (Phi) is 5.12. The highest BCUT2D eigenvalue weighted by Crippen LogP contribution is 2.29. The van der Waals surface area contributed by atoms with Crippen molar-refractivity contribution in [1.82, 2.24) is 5.32 Å². The van der Waals surface area contributed by atoms with E-state index in [1.54, 1.807) is 7.11 Å². The lowest BCUT2D eigenvalue weighted by Crippen LogP contribution is -2.38. The van der Waals surface area contributed by atoms with Crippen molar-refractivity contribution in [2.75, 3.05) is 7.11 Å². The SMILES string of the molecule is COc1ccc(CNC2CCC(C)CC2C)cc1Cl. The molecule has 1 aromatic carbocycles. The van der Waals surface area contributed by atoms with Crippen molar-refractivity contribution < 1.29 is 4.74 Å². The summed E-state index contributed by atoms with van der Waals surface area (Å²) < 4.78 is 5.17. The number of methoxy groups -OCH3 is 1. The van der Waals surface area contributed by atoms with Crippen molar-refractivity contribution in [3.05, 3.63) is 28.8 Å². The molecule has 1 saturated carbocycles. The minimum absolute atomic E-state index is 0.636. The second-order valence-electron chi connectivity index (χ2n) is 5.85. The van der Waals surface area contributed by atoms with E-state index in [4.69, 9.17) is 16.3 Å². The molecule has 1 aliphatic rings. The highest BCUT2D eigenvalue weighted by atomic mass is 35.5. The number of rotatable bonds is 4. The van der Waals surface area contributed by atoms with Crippen molar-refractivity contribution in [2.24, 2.45) is 11.8 Å². The molecule has 0 bridgehead atoms. The van der Waals surface area contributed by atoms with Crippen LogP contribution in [-0.4, -0.2) is 13.2 Å². The van der Waals surface area contributed by atoms with E-state index < -0.39 is 0 Å². The molecule has 0 heterocycles. The second-order valence-corrected chi connectivity index (χ2v) is 6.26. The van der Waals surface area contributed by atoms with E-state index in [1.165, 1.54) is 24.8 Å². The van der Waals surface area contributed by atoms with Gasteiger partial charge in [-0.2, -0.15) is 0 Å². The van der Waals surface area contributed by atoms with Crippen LogP contribution in [0.4, 0.5) is 0 Å². The molecule has 3 atom stereocenters. The lowest BCUT2D eigenvalue weighted by Gasteiger charge is -2.33. The first kappa shape index (κ1) is 14.7. The molecule has 0 aliphatic heterocycles. The van der Waals surface area contributed by atoms with Crippen LogP contribution < -0.4 is 10.1 Å². The first-order valence-corrected chi connectivity index (χ1v) is 7.53. The summed E-state index contributed by atoms with van der Waals surface area (Å²) in [7, 11) is 1.64. The Morgan fingerprint density at radius 3 is 2.74 bits per heavy atom. The van der Waals surface area contributed by atoms with Gasteiger partial charge in [0.1, 0.15) is 5.75 Å². The van der Waals surface area contributed by atoms with Crippen LogP contribution in [0.1, 0.15) is 38.7 Å². The minimum Gasteiger partial charge on any atom is -0.495 e. The summed E-state index contributed by atoms with van der Waals surface area (Å²) in [6.45, 7) is 5.59. The molecule has 106 valence electrons. The van der Waals surface area contributed by atoms with Gasteiger partial charge in [-0.3, -0.25) is 0 Å². The zero-order chi connectivity index (χ0) is 13.8. The van der Waals surface area contributed by atoms with Gasteiger partial charge in [-0.1, -0.05) is 31.5 Å². The molecule has 3 unspecified atom stereocenters. The normalized spacial score (nSPS) is 27.3. The van der Waals surface area contributed by atoms with Gasteiger partial charge in [-0.15, -0.1) is 0 Å². The summed E-state index contributed by atoms with van der Waals surface area (Å²) in [6.07, 6.45) is 3.96. The molecular formula is C16H24ClNO. The van der Waals surface area contributed by atoms with Crippen molar-refractivity contribution in [2.45, 2.75) is 45.7 Å². The molecule has 1 fully saturated rings. The molecule has 0 aromatic heterocycles. The Hall–Kier alpha value is -0.730. The predicted molar refractivity (Wildman–Crippen MR) is 80.8 cm³/mol. The van der Waals surface area contributed by atoms with E-state index in [9.17, 15) is 0 Å². The number of hydrogen-bond donors (Lipinski definition) is 1. The van der Waals surface area contributed by atoms with Gasteiger partial charge >= 0.3 is 0 Å². The Labute approximate surface area is 121 Å². The summed E-state index contributed by atoms with van der Waals surface area (Å²) in [5.41, 5.74) is 1.22. The molecule has 2 rings (SSSR count). The Morgan fingerprint density at radius 1 is 1.32 bits per heavy atom. The van der Waals surface area contributed by atoms with Gasteiger partial charge in [0.25, 0.3) is 0 Å². The van der Waals surface area contributed by atoms with Gasteiger partial charge in [0.15, 0.2) is 0 Å². The van der Waals surface area contributed by atoms with Gasteiger partial charge in [-0.25, -0.2) is 0 Å². The largest absolute Gasteiger partial charge is 0.495 e. The summed E-state index contributed by atoms with van der Waals surface area (Å²) in [5.74, 6) is 2.38. The zero-order valence-corrected chi connectivity index (χ0v) is 12.8. The Bertz CT molecular complexity index is 421. The van der Waals surface area contributed by atoms with Crippen molar-refractivity contribution in [3.8, 4) is 5.75 Å². The Balaban J connectivity index is 1.90. The highest BCUT2D eigenvalue weighted by molar-refractivity contribution is 6.32. The maximum Gasteiger partial charge on any atom is 0.137 e. The van der Waals surface area contributed by atoms with E-state index in [2.05, 4.69) is 25.2 Å². The third kappa shape index (κ3) is 3.87. The fraction of sp³-hybridized carbons (Fsp3) is 0.625.